The summed E-state index contributed by atoms with van der Waals surface area (Å²) in [4.78, 5) is 19.7. The van der Waals surface area contributed by atoms with Gasteiger partial charge in [-0.05, 0) is 58.3 Å². The van der Waals surface area contributed by atoms with Crippen LogP contribution in [0, 0.1) is 0 Å². The molecule has 0 aliphatic carbocycles. The van der Waals surface area contributed by atoms with Crippen LogP contribution in [0.25, 0.3) is 0 Å². The van der Waals surface area contributed by atoms with E-state index in [1.807, 2.05) is 23.1 Å². The summed E-state index contributed by atoms with van der Waals surface area (Å²) in [7, 11) is 2.17. The van der Waals surface area contributed by atoms with Crippen LogP contribution in [0.1, 0.15) is 32.1 Å². The van der Waals surface area contributed by atoms with Gasteiger partial charge in [0.15, 0.2) is 0 Å². The zero-order valence-electron chi connectivity index (χ0n) is 14.9. The minimum atomic E-state index is 0.324. The second-order valence-corrected chi connectivity index (χ2v) is 7.23. The molecule has 0 aromatic carbocycles. The van der Waals surface area contributed by atoms with Gasteiger partial charge in [-0.25, -0.2) is 0 Å². The first kappa shape index (κ1) is 17.4. The van der Waals surface area contributed by atoms with E-state index in [2.05, 4.69) is 26.8 Å². The molecule has 0 bridgehead atoms. The molecule has 1 atom stereocenters. The van der Waals surface area contributed by atoms with Crippen LogP contribution in [-0.2, 0) is 11.3 Å². The van der Waals surface area contributed by atoms with Crippen molar-refractivity contribution in [3.63, 3.8) is 0 Å². The first-order valence-electron chi connectivity index (χ1n) is 9.40. The summed E-state index contributed by atoms with van der Waals surface area (Å²) in [6.45, 7) is 6.67. The number of carbonyl (C=O) groups excluding carboxylic acids is 1. The Bertz CT molecular complexity index is 504. The summed E-state index contributed by atoms with van der Waals surface area (Å²) in [5.74, 6) is 0.324. The number of piperidine rings is 1. The van der Waals surface area contributed by atoms with Crippen molar-refractivity contribution in [3.8, 4) is 0 Å². The predicted molar refractivity (Wildman–Crippen MR) is 94.8 cm³/mol. The van der Waals surface area contributed by atoms with Gasteiger partial charge in [-0.2, -0.15) is 5.10 Å². The number of amides is 1. The molecule has 1 aromatic rings. The molecule has 0 radical (unpaired) electrons. The number of likely N-dealkylation sites (N-methyl/N-ethyl adjacent to an activating group) is 1. The molecule has 2 aliphatic heterocycles. The fourth-order valence-electron chi connectivity index (χ4n) is 3.88. The van der Waals surface area contributed by atoms with E-state index in [1.54, 1.807) is 0 Å². The van der Waals surface area contributed by atoms with E-state index in [4.69, 9.17) is 0 Å². The molecule has 2 fully saturated rings. The summed E-state index contributed by atoms with van der Waals surface area (Å²) in [6, 6.07) is 2.34. The molecule has 0 N–H and O–H groups in total. The molecule has 2 aliphatic rings. The quantitative estimate of drug-likeness (QED) is 0.815. The third-order valence-electron chi connectivity index (χ3n) is 5.37. The van der Waals surface area contributed by atoms with Gasteiger partial charge in [0.2, 0.25) is 5.91 Å². The van der Waals surface area contributed by atoms with Gasteiger partial charge in [0, 0.05) is 44.6 Å². The van der Waals surface area contributed by atoms with Crippen LogP contribution in [0.3, 0.4) is 0 Å². The minimum absolute atomic E-state index is 0.324. The zero-order valence-corrected chi connectivity index (χ0v) is 14.9. The van der Waals surface area contributed by atoms with E-state index in [9.17, 15) is 4.79 Å². The predicted octanol–water partition coefficient (Wildman–Crippen LogP) is 1.29. The van der Waals surface area contributed by atoms with Crippen LogP contribution < -0.4 is 0 Å². The van der Waals surface area contributed by atoms with Crippen molar-refractivity contribution in [1.82, 2.24) is 24.5 Å². The SMILES string of the molecule is CN1CCCN(CC(=O)N2CCCC[C@H]2CCn2cccn2)CC1. The number of carbonyl (C=O) groups is 1. The lowest BCUT2D eigenvalue weighted by atomic mass is 9.99. The largest absolute Gasteiger partial charge is 0.339 e. The summed E-state index contributed by atoms with van der Waals surface area (Å²) in [6.07, 6.45) is 9.51. The second-order valence-electron chi connectivity index (χ2n) is 7.23. The minimum Gasteiger partial charge on any atom is -0.339 e. The van der Waals surface area contributed by atoms with Crippen LogP contribution >= 0.6 is 0 Å². The van der Waals surface area contributed by atoms with Crippen molar-refractivity contribution >= 4 is 5.91 Å². The van der Waals surface area contributed by atoms with Gasteiger partial charge in [-0.1, -0.05) is 0 Å². The number of likely N-dealkylation sites (tertiary alicyclic amines) is 1. The second kappa shape index (κ2) is 8.62. The molecule has 3 heterocycles. The fourth-order valence-corrected chi connectivity index (χ4v) is 3.88. The van der Waals surface area contributed by atoms with Crippen LogP contribution in [0.2, 0.25) is 0 Å². The Balaban J connectivity index is 1.52. The summed E-state index contributed by atoms with van der Waals surface area (Å²) < 4.78 is 1.97. The van der Waals surface area contributed by atoms with Gasteiger partial charge in [-0.15, -0.1) is 0 Å². The highest BCUT2D eigenvalue weighted by molar-refractivity contribution is 5.78. The van der Waals surface area contributed by atoms with E-state index < -0.39 is 0 Å². The fraction of sp³-hybridized carbons (Fsp3) is 0.778. The summed E-state index contributed by atoms with van der Waals surface area (Å²) in [5.41, 5.74) is 0. The van der Waals surface area contributed by atoms with Crippen molar-refractivity contribution in [3.05, 3.63) is 18.5 Å². The maximum Gasteiger partial charge on any atom is 0.236 e. The van der Waals surface area contributed by atoms with E-state index in [-0.39, 0.29) is 0 Å². The Morgan fingerprint density at radius 2 is 2.04 bits per heavy atom. The van der Waals surface area contributed by atoms with E-state index in [0.29, 0.717) is 18.5 Å². The third-order valence-corrected chi connectivity index (χ3v) is 5.37. The van der Waals surface area contributed by atoms with Crippen molar-refractivity contribution in [1.29, 1.82) is 0 Å². The van der Waals surface area contributed by atoms with Crippen molar-refractivity contribution in [2.45, 2.75) is 44.7 Å². The van der Waals surface area contributed by atoms with Gasteiger partial charge < -0.3 is 9.80 Å². The first-order valence-corrected chi connectivity index (χ1v) is 9.40. The Labute approximate surface area is 145 Å². The lowest BCUT2D eigenvalue weighted by molar-refractivity contribution is -0.136. The molecular formula is C18H31N5O. The smallest absolute Gasteiger partial charge is 0.236 e. The van der Waals surface area contributed by atoms with Gasteiger partial charge >= 0.3 is 0 Å². The molecule has 6 nitrogen and oxygen atoms in total. The standard InChI is InChI=1S/C18H31N5O/c1-20-9-5-10-21(15-14-20)16-18(24)23-12-3-2-6-17(23)7-13-22-11-4-8-19-22/h4,8,11,17H,2-3,5-7,9-10,12-16H2,1H3/t17-/m0/s1. The topological polar surface area (TPSA) is 44.6 Å². The Hall–Kier alpha value is -1.40. The molecule has 6 heteroatoms. The molecule has 24 heavy (non-hydrogen) atoms. The van der Waals surface area contributed by atoms with Crippen LogP contribution in [0.4, 0.5) is 0 Å². The monoisotopic (exact) mass is 333 g/mol. The van der Waals surface area contributed by atoms with Crippen molar-refractivity contribution in [2.75, 3.05) is 46.3 Å². The molecule has 1 amide bonds. The molecule has 1 aromatic heterocycles. The van der Waals surface area contributed by atoms with Gasteiger partial charge in [-0.3, -0.25) is 14.4 Å². The lowest BCUT2D eigenvalue weighted by Gasteiger charge is -2.37. The lowest BCUT2D eigenvalue weighted by Crippen LogP contribution is -2.48. The van der Waals surface area contributed by atoms with Crippen LogP contribution in [0.15, 0.2) is 18.5 Å². The molecule has 134 valence electrons. The Morgan fingerprint density at radius 1 is 1.12 bits per heavy atom. The number of aromatic nitrogens is 2. The normalized spacial score (nSPS) is 24.0. The molecule has 0 spiro atoms. The number of hydrogen-bond acceptors (Lipinski definition) is 4. The molecule has 0 saturated carbocycles. The van der Waals surface area contributed by atoms with E-state index in [1.165, 1.54) is 6.42 Å². The maximum absolute atomic E-state index is 12.9. The van der Waals surface area contributed by atoms with Gasteiger partial charge in [0.25, 0.3) is 0 Å². The number of rotatable bonds is 5. The van der Waals surface area contributed by atoms with E-state index in [0.717, 1.165) is 65.0 Å². The zero-order chi connectivity index (χ0) is 16.8. The Morgan fingerprint density at radius 3 is 2.88 bits per heavy atom. The number of hydrogen-bond donors (Lipinski definition) is 0. The third kappa shape index (κ3) is 4.80. The molecule has 3 rings (SSSR count). The summed E-state index contributed by atoms with van der Waals surface area (Å²) in [5, 5.41) is 4.28. The van der Waals surface area contributed by atoms with Crippen LogP contribution in [0.5, 0.6) is 0 Å². The maximum atomic E-state index is 12.9. The highest BCUT2D eigenvalue weighted by atomic mass is 16.2. The average molecular weight is 333 g/mol. The van der Waals surface area contributed by atoms with Gasteiger partial charge in [0.05, 0.1) is 6.54 Å². The highest BCUT2D eigenvalue weighted by Crippen LogP contribution is 2.21. The molecular weight excluding hydrogens is 302 g/mol. The molecule has 0 unspecified atom stereocenters. The molecule has 2 saturated heterocycles. The first-order chi connectivity index (χ1) is 11.7. The number of aryl methyl sites for hydroxylation is 1. The average Bonchev–Trinajstić information content (AvgIpc) is 3.03. The Kier molecular flexibility index (Phi) is 6.26. The van der Waals surface area contributed by atoms with Gasteiger partial charge in [0.1, 0.15) is 0 Å². The number of nitrogens with zero attached hydrogens (tertiary/aromatic N) is 5. The van der Waals surface area contributed by atoms with Crippen molar-refractivity contribution < 1.29 is 4.79 Å². The van der Waals surface area contributed by atoms with Crippen LogP contribution in [-0.4, -0.2) is 82.7 Å². The summed E-state index contributed by atoms with van der Waals surface area (Å²) >= 11 is 0. The van der Waals surface area contributed by atoms with E-state index >= 15 is 0 Å². The highest BCUT2D eigenvalue weighted by Gasteiger charge is 2.27. The van der Waals surface area contributed by atoms with Crippen molar-refractivity contribution in [2.24, 2.45) is 0 Å².